The van der Waals surface area contributed by atoms with E-state index in [1.165, 1.54) is 24.4 Å². The maximum absolute atomic E-state index is 12.7. The van der Waals surface area contributed by atoms with E-state index in [-0.39, 0.29) is 23.5 Å². The summed E-state index contributed by atoms with van der Waals surface area (Å²) in [6.07, 6.45) is 1.29. The zero-order valence-electron chi connectivity index (χ0n) is 15.2. The fraction of sp³-hybridized carbons (Fsp3) is 0.0455. The number of carbonyl (C=O) groups excluding carboxylic acids is 1. The third-order valence-electron chi connectivity index (χ3n) is 4.59. The Balaban J connectivity index is 1.65. The first-order valence-corrected chi connectivity index (χ1v) is 8.89. The van der Waals surface area contributed by atoms with Gasteiger partial charge in [0.2, 0.25) is 0 Å². The monoisotopic (exact) mass is 387 g/mol. The first-order valence-electron chi connectivity index (χ1n) is 8.89. The van der Waals surface area contributed by atoms with Gasteiger partial charge in [-0.3, -0.25) is 9.59 Å². The predicted molar refractivity (Wildman–Crippen MR) is 111 cm³/mol. The van der Waals surface area contributed by atoms with Crippen molar-refractivity contribution in [3.05, 3.63) is 82.5 Å². The van der Waals surface area contributed by atoms with Crippen LogP contribution < -0.4 is 10.9 Å². The van der Waals surface area contributed by atoms with E-state index >= 15 is 0 Å². The quantitative estimate of drug-likeness (QED) is 0.284. The lowest BCUT2D eigenvalue weighted by molar-refractivity contribution is -0.121. The van der Waals surface area contributed by atoms with Gasteiger partial charge in [0.1, 0.15) is 18.0 Å². The van der Waals surface area contributed by atoms with Crippen molar-refractivity contribution in [3.63, 3.8) is 0 Å². The van der Waals surface area contributed by atoms with Crippen LogP contribution in [0.3, 0.4) is 0 Å². The number of fused-ring (bicyclic) bond motifs is 2. The van der Waals surface area contributed by atoms with E-state index in [2.05, 4.69) is 10.5 Å². The van der Waals surface area contributed by atoms with Gasteiger partial charge in [0, 0.05) is 22.4 Å². The molecule has 3 aromatic carbocycles. The first kappa shape index (κ1) is 18.2. The molecule has 0 aliphatic carbocycles. The molecule has 0 unspecified atom stereocenters. The van der Waals surface area contributed by atoms with Gasteiger partial charge < -0.3 is 14.8 Å². The Kier molecular flexibility index (Phi) is 4.70. The highest BCUT2D eigenvalue weighted by atomic mass is 16.3. The summed E-state index contributed by atoms with van der Waals surface area (Å²) in [5.41, 5.74) is 4.02. The Bertz CT molecular complexity index is 1260. The summed E-state index contributed by atoms with van der Waals surface area (Å²) in [5.74, 6) is -0.612. The average molecular weight is 387 g/mol. The number of aromatic nitrogens is 1. The summed E-state index contributed by atoms with van der Waals surface area (Å²) >= 11 is 0. The van der Waals surface area contributed by atoms with Crippen molar-refractivity contribution in [2.45, 2.75) is 6.54 Å². The zero-order chi connectivity index (χ0) is 20.4. The molecule has 0 saturated heterocycles. The maximum Gasteiger partial charge on any atom is 0.260 e. The third-order valence-corrected chi connectivity index (χ3v) is 4.59. The number of benzene rings is 3. The van der Waals surface area contributed by atoms with Crippen LogP contribution in [0.2, 0.25) is 0 Å². The molecular weight excluding hydrogens is 370 g/mol. The number of phenols is 2. The van der Waals surface area contributed by atoms with Crippen molar-refractivity contribution in [2.24, 2.45) is 5.10 Å². The number of nitrogens with zero attached hydrogens (tertiary/aromatic N) is 2. The van der Waals surface area contributed by atoms with Crippen LogP contribution in [0.25, 0.3) is 21.8 Å². The van der Waals surface area contributed by atoms with Crippen molar-refractivity contribution >= 4 is 33.9 Å². The minimum atomic E-state index is -0.390. The number of hydrogen-bond donors (Lipinski definition) is 3. The molecule has 0 atom stereocenters. The van der Waals surface area contributed by atoms with Gasteiger partial charge in [-0.25, -0.2) is 5.43 Å². The number of nitrogens with one attached hydrogen (secondary N) is 1. The summed E-state index contributed by atoms with van der Waals surface area (Å²) < 4.78 is 1.77. The molecule has 3 N–H and O–H groups in total. The second-order valence-corrected chi connectivity index (χ2v) is 6.49. The minimum Gasteiger partial charge on any atom is -0.508 e. The van der Waals surface area contributed by atoms with Gasteiger partial charge in [0.05, 0.1) is 17.2 Å². The molecule has 0 bridgehead atoms. The summed E-state index contributed by atoms with van der Waals surface area (Å²) in [6, 6.07) is 18.4. The van der Waals surface area contributed by atoms with Gasteiger partial charge in [-0.15, -0.1) is 0 Å². The van der Waals surface area contributed by atoms with E-state index < -0.39 is 5.91 Å². The van der Waals surface area contributed by atoms with Gasteiger partial charge in [0.25, 0.3) is 5.91 Å². The molecule has 0 saturated carbocycles. The number of carbonyl (C=O) groups is 1. The number of amides is 1. The second kappa shape index (κ2) is 7.47. The number of phenolic OH excluding ortho intramolecular Hbond substituents is 2. The molecule has 0 fully saturated rings. The highest BCUT2D eigenvalue weighted by molar-refractivity contribution is 5.95. The van der Waals surface area contributed by atoms with Crippen LogP contribution >= 0.6 is 0 Å². The van der Waals surface area contributed by atoms with E-state index in [0.717, 1.165) is 0 Å². The standard InChI is InChI=1S/C22H17N3O4/c26-15-10-9-14(20(27)11-15)12-23-24-21(28)13-25-18-7-3-1-5-16(18)22(29)17-6-2-4-8-19(17)25/h1-12,26-27H,13H2,(H,24,28). The molecule has 1 aromatic heterocycles. The molecule has 29 heavy (non-hydrogen) atoms. The van der Waals surface area contributed by atoms with E-state index in [1.807, 2.05) is 12.1 Å². The molecule has 0 aliphatic rings. The maximum atomic E-state index is 12.7. The number of aromatic hydroxyl groups is 2. The Morgan fingerprint density at radius 2 is 1.59 bits per heavy atom. The van der Waals surface area contributed by atoms with Crippen molar-refractivity contribution < 1.29 is 15.0 Å². The summed E-state index contributed by atoms with van der Waals surface area (Å²) in [5, 5.41) is 24.0. The lowest BCUT2D eigenvalue weighted by atomic mass is 10.1. The van der Waals surface area contributed by atoms with Gasteiger partial charge in [0.15, 0.2) is 5.43 Å². The van der Waals surface area contributed by atoms with E-state index in [0.29, 0.717) is 27.4 Å². The first-order chi connectivity index (χ1) is 14.0. The minimum absolute atomic E-state index is 0.0415. The Hall–Kier alpha value is -4.13. The van der Waals surface area contributed by atoms with Gasteiger partial charge in [-0.05, 0) is 36.4 Å². The van der Waals surface area contributed by atoms with Gasteiger partial charge in [-0.1, -0.05) is 24.3 Å². The number of rotatable bonds is 4. The van der Waals surface area contributed by atoms with Crippen LogP contribution in [0.4, 0.5) is 0 Å². The smallest absolute Gasteiger partial charge is 0.260 e. The molecule has 4 aromatic rings. The van der Waals surface area contributed by atoms with Crippen LogP contribution in [0, 0.1) is 0 Å². The predicted octanol–water partition coefficient (Wildman–Crippen LogP) is 2.72. The Morgan fingerprint density at radius 1 is 0.966 bits per heavy atom. The molecule has 1 amide bonds. The summed E-state index contributed by atoms with van der Waals surface area (Å²) in [7, 11) is 0. The number of hydrazone groups is 1. The molecule has 0 aliphatic heterocycles. The Morgan fingerprint density at radius 3 is 2.21 bits per heavy atom. The topological polar surface area (TPSA) is 104 Å². The van der Waals surface area contributed by atoms with Crippen LogP contribution in [0.15, 0.2) is 76.6 Å². The second-order valence-electron chi connectivity index (χ2n) is 6.49. The van der Waals surface area contributed by atoms with E-state index in [1.54, 1.807) is 41.0 Å². The molecule has 4 rings (SSSR count). The van der Waals surface area contributed by atoms with Crippen LogP contribution in [-0.4, -0.2) is 26.9 Å². The van der Waals surface area contributed by atoms with Crippen molar-refractivity contribution in [2.75, 3.05) is 0 Å². The fourth-order valence-corrected chi connectivity index (χ4v) is 3.24. The highest BCUT2D eigenvalue weighted by Gasteiger charge is 2.12. The molecule has 7 nitrogen and oxygen atoms in total. The molecule has 7 heteroatoms. The van der Waals surface area contributed by atoms with Crippen LogP contribution in [-0.2, 0) is 11.3 Å². The van der Waals surface area contributed by atoms with E-state index in [9.17, 15) is 19.8 Å². The lowest BCUT2D eigenvalue weighted by Gasteiger charge is -2.14. The molecule has 0 spiro atoms. The lowest BCUT2D eigenvalue weighted by Crippen LogP contribution is -2.25. The van der Waals surface area contributed by atoms with Crippen LogP contribution in [0.1, 0.15) is 5.56 Å². The SMILES string of the molecule is O=C(Cn1c2ccccc2c(=O)c2ccccc21)NN=Cc1ccc(O)cc1O. The Labute approximate surface area is 165 Å². The number of pyridine rings is 1. The molecule has 0 radical (unpaired) electrons. The van der Waals surface area contributed by atoms with Crippen molar-refractivity contribution in [3.8, 4) is 11.5 Å². The third kappa shape index (κ3) is 3.53. The van der Waals surface area contributed by atoms with Gasteiger partial charge >= 0.3 is 0 Å². The average Bonchev–Trinajstić information content (AvgIpc) is 2.73. The highest BCUT2D eigenvalue weighted by Crippen LogP contribution is 2.21. The molecule has 1 heterocycles. The van der Waals surface area contributed by atoms with E-state index in [4.69, 9.17) is 0 Å². The summed E-state index contributed by atoms with van der Waals surface area (Å²) in [4.78, 5) is 25.2. The zero-order valence-corrected chi connectivity index (χ0v) is 15.2. The number of hydrogen-bond acceptors (Lipinski definition) is 5. The van der Waals surface area contributed by atoms with Crippen molar-refractivity contribution in [1.29, 1.82) is 0 Å². The van der Waals surface area contributed by atoms with Gasteiger partial charge in [-0.2, -0.15) is 5.10 Å². The largest absolute Gasteiger partial charge is 0.508 e. The summed E-state index contributed by atoms with van der Waals surface area (Å²) in [6.45, 7) is -0.0415. The fourth-order valence-electron chi connectivity index (χ4n) is 3.24. The normalized spacial score (nSPS) is 11.3. The molecule has 144 valence electrons. The van der Waals surface area contributed by atoms with Crippen LogP contribution in [0.5, 0.6) is 11.5 Å². The van der Waals surface area contributed by atoms with Crippen molar-refractivity contribution in [1.82, 2.24) is 9.99 Å². The molecular formula is C22H17N3O4. The number of para-hydroxylation sites is 2.